The molecule has 0 spiro atoms. The first kappa shape index (κ1) is 17.7. The zero-order chi connectivity index (χ0) is 18.6. The van der Waals surface area contributed by atoms with E-state index in [1.165, 1.54) is 0 Å². The van der Waals surface area contributed by atoms with Gasteiger partial charge in [-0.2, -0.15) is 5.10 Å². The Balaban J connectivity index is 1.36. The summed E-state index contributed by atoms with van der Waals surface area (Å²) in [7, 11) is 1.64. The van der Waals surface area contributed by atoms with Gasteiger partial charge in [0.05, 0.1) is 39.1 Å². The van der Waals surface area contributed by atoms with Gasteiger partial charge in [-0.15, -0.1) is 10.2 Å². The minimum atomic E-state index is 0.0991. The number of hydrogen-bond acceptors (Lipinski definition) is 7. The van der Waals surface area contributed by atoms with Gasteiger partial charge in [-0.1, -0.05) is 0 Å². The van der Waals surface area contributed by atoms with Gasteiger partial charge in [-0.05, 0) is 36.8 Å². The zero-order valence-electron chi connectivity index (χ0n) is 15.5. The largest absolute Gasteiger partial charge is 0.497 e. The molecule has 1 unspecified atom stereocenters. The van der Waals surface area contributed by atoms with Crippen LogP contribution in [0.1, 0.15) is 11.5 Å². The van der Waals surface area contributed by atoms with Crippen LogP contribution in [0, 0.1) is 6.92 Å². The van der Waals surface area contributed by atoms with Gasteiger partial charge in [-0.3, -0.25) is 9.58 Å². The number of rotatable bonds is 6. The molecule has 27 heavy (non-hydrogen) atoms. The number of morpholine rings is 1. The summed E-state index contributed by atoms with van der Waals surface area (Å²) in [6, 6.07) is 7.57. The zero-order valence-corrected chi connectivity index (χ0v) is 15.5. The quantitative estimate of drug-likeness (QED) is 0.659. The Morgan fingerprint density at radius 2 is 2.07 bits per heavy atom. The molecule has 1 atom stereocenters. The number of ether oxygens (including phenoxy) is 2. The maximum Gasteiger partial charge on any atom is 0.247 e. The average Bonchev–Trinajstić information content (AvgIpc) is 3.31. The van der Waals surface area contributed by atoms with Crippen molar-refractivity contribution >= 4 is 0 Å². The first-order valence-electron chi connectivity index (χ1n) is 8.99. The second kappa shape index (κ2) is 7.89. The van der Waals surface area contributed by atoms with E-state index in [4.69, 9.17) is 13.9 Å². The van der Waals surface area contributed by atoms with E-state index in [1.54, 1.807) is 7.11 Å². The second-order valence-corrected chi connectivity index (χ2v) is 6.70. The molecule has 3 heterocycles. The van der Waals surface area contributed by atoms with Crippen molar-refractivity contribution in [3.8, 4) is 17.2 Å². The van der Waals surface area contributed by atoms with Gasteiger partial charge >= 0.3 is 0 Å². The van der Waals surface area contributed by atoms with E-state index in [9.17, 15) is 0 Å². The van der Waals surface area contributed by atoms with Crippen molar-refractivity contribution in [3.63, 3.8) is 0 Å². The lowest BCUT2D eigenvalue weighted by molar-refractivity contribution is -0.0422. The number of aryl methyl sites for hydroxylation is 1. The standard InChI is InChI=1S/C19H23N5O3/c1-14-9-20-24(10-14)12-17-11-23(7-8-26-17)13-18-21-22-19(27-18)15-3-5-16(25-2)6-4-15/h3-6,9-10,17H,7-8,11-13H2,1-2H3. The first-order valence-corrected chi connectivity index (χ1v) is 8.99. The third-order valence-corrected chi connectivity index (χ3v) is 4.54. The molecule has 0 N–H and O–H groups in total. The second-order valence-electron chi connectivity index (χ2n) is 6.70. The molecule has 4 rings (SSSR count). The molecule has 0 amide bonds. The lowest BCUT2D eigenvalue weighted by atomic mass is 10.2. The topological polar surface area (TPSA) is 78.4 Å². The van der Waals surface area contributed by atoms with Crippen LogP contribution in [0.3, 0.4) is 0 Å². The molecule has 1 aliphatic heterocycles. The summed E-state index contributed by atoms with van der Waals surface area (Å²) < 4.78 is 18.8. The van der Waals surface area contributed by atoms with Crippen LogP contribution in [0.5, 0.6) is 5.75 Å². The van der Waals surface area contributed by atoms with Crippen LogP contribution in [0.4, 0.5) is 0 Å². The molecule has 2 aromatic heterocycles. The van der Waals surface area contributed by atoms with E-state index in [1.807, 2.05) is 48.3 Å². The molecule has 1 fully saturated rings. The van der Waals surface area contributed by atoms with Crippen molar-refractivity contribution in [2.75, 3.05) is 26.8 Å². The maximum absolute atomic E-state index is 5.87. The molecule has 142 valence electrons. The number of aromatic nitrogens is 4. The van der Waals surface area contributed by atoms with Crippen LogP contribution in [0.25, 0.3) is 11.5 Å². The van der Waals surface area contributed by atoms with Crippen LogP contribution in [0.2, 0.25) is 0 Å². The molecule has 0 bridgehead atoms. The van der Waals surface area contributed by atoms with E-state index in [2.05, 4.69) is 20.2 Å². The van der Waals surface area contributed by atoms with Gasteiger partial charge in [0.25, 0.3) is 0 Å². The van der Waals surface area contributed by atoms with Crippen molar-refractivity contribution < 1.29 is 13.9 Å². The molecule has 0 aliphatic carbocycles. The van der Waals surface area contributed by atoms with Crippen molar-refractivity contribution in [3.05, 3.63) is 48.1 Å². The fraction of sp³-hybridized carbons (Fsp3) is 0.421. The lowest BCUT2D eigenvalue weighted by Gasteiger charge is -2.31. The highest BCUT2D eigenvalue weighted by molar-refractivity contribution is 5.53. The Morgan fingerprint density at radius 1 is 1.22 bits per heavy atom. The van der Waals surface area contributed by atoms with E-state index in [-0.39, 0.29) is 6.10 Å². The van der Waals surface area contributed by atoms with Crippen LogP contribution in [-0.4, -0.2) is 57.8 Å². The Bertz CT molecular complexity index is 874. The Kier molecular flexibility index (Phi) is 5.17. The highest BCUT2D eigenvalue weighted by Crippen LogP contribution is 2.22. The van der Waals surface area contributed by atoms with Crippen LogP contribution < -0.4 is 4.74 Å². The van der Waals surface area contributed by atoms with Gasteiger partial charge in [0.15, 0.2) is 0 Å². The Hall–Kier alpha value is -2.71. The summed E-state index contributed by atoms with van der Waals surface area (Å²) in [4.78, 5) is 2.27. The molecule has 8 nitrogen and oxygen atoms in total. The number of methoxy groups -OCH3 is 1. The monoisotopic (exact) mass is 369 g/mol. The number of benzene rings is 1. The summed E-state index contributed by atoms with van der Waals surface area (Å²) in [6.07, 6.45) is 3.99. The van der Waals surface area contributed by atoms with Gasteiger partial charge in [0, 0.05) is 24.8 Å². The highest BCUT2D eigenvalue weighted by Gasteiger charge is 2.23. The van der Waals surface area contributed by atoms with E-state index in [0.717, 1.165) is 36.5 Å². The van der Waals surface area contributed by atoms with Crippen molar-refractivity contribution in [2.45, 2.75) is 26.1 Å². The van der Waals surface area contributed by atoms with E-state index in [0.29, 0.717) is 24.9 Å². The molecule has 0 saturated carbocycles. The number of nitrogens with zero attached hydrogens (tertiary/aromatic N) is 5. The van der Waals surface area contributed by atoms with Gasteiger partial charge in [0.2, 0.25) is 11.8 Å². The molecule has 8 heteroatoms. The van der Waals surface area contributed by atoms with Crippen molar-refractivity contribution in [2.24, 2.45) is 0 Å². The summed E-state index contributed by atoms with van der Waals surface area (Å²) in [6.45, 7) is 5.72. The average molecular weight is 369 g/mol. The molecule has 1 aliphatic rings. The minimum Gasteiger partial charge on any atom is -0.497 e. The smallest absolute Gasteiger partial charge is 0.247 e. The Morgan fingerprint density at radius 3 is 2.81 bits per heavy atom. The van der Waals surface area contributed by atoms with E-state index < -0.39 is 0 Å². The molecule has 3 aromatic rings. The third-order valence-electron chi connectivity index (χ3n) is 4.54. The summed E-state index contributed by atoms with van der Waals surface area (Å²) >= 11 is 0. The first-order chi connectivity index (χ1) is 13.2. The van der Waals surface area contributed by atoms with Gasteiger partial charge < -0.3 is 13.9 Å². The molecular formula is C19H23N5O3. The van der Waals surface area contributed by atoms with Crippen molar-refractivity contribution in [1.82, 2.24) is 24.9 Å². The summed E-state index contributed by atoms with van der Waals surface area (Å²) in [5, 5.41) is 12.7. The lowest BCUT2D eigenvalue weighted by Crippen LogP contribution is -2.43. The summed E-state index contributed by atoms with van der Waals surface area (Å²) in [5.74, 6) is 1.92. The number of hydrogen-bond donors (Lipinski definition) is 0. The van der Waals surface area contributed by atoms with Crippen LogP contribution in [0.15, 0.2) is 41.1 Å². The van der Waals surface area contributed by atoms with Crippen LogP contribution >= 0.6 is 0 Å². The predicted octanol–water partition coefficient (Wildman–Crippen LogP) is 2.15. The Labute approximate surface area is 157 Å². The molecule has 0 radical (unpaired) electrons. The normalized spacial score (nSPS) is 17.9. The van der Waals surface area contributed by atoms with Crippen LogP contribution in [-0.2, 0) is 17.8 Å². The third kappa shape index (κ3) is 4.35. The van der Waals surface area contributed by atoms with Crippen molar-refractivity contribution in [1.29, 1.82) is 0 Å². The molecule has 1 aromatic carbocycles. The highest BCUT2D eigenvalue weighted by atomic mass is 16.5. The van der Waals surface area contributed by atoms with Gasteiger partial charge in [-0.25, -0.2) is 0 Å². The minimum absolute atomic E-state index is 0.0991. The van der Waals surface area contributed by atoms with E-state index >= 15 is 0 Å². The molecular weight excluding hydrogens is 346 g/mol. The SMILES string of the molecule is COc1ccc(-c2nnc(CN3CCOC(Cn4cc(C)cn4)C3)o2)cc1. The fourth-order valence-electron chi connectivity index (χ4n) is 3.17. The predicted molar refractivity (Wildman–Crippen MR) is 98.3 cm³/mol. The van der Waals surface area contributed by atoms with Gasteiger partial charge in [0.1, 0.15) is 5.75 Å². The maximum atomic E-state index is 5.87. The summed E-state index contributed by atoms with van der Waals surface area (Å²) in [5.41, 5.74) is 2.03. The fourth-order valence-corrected chi connectivity index (χ4v) is 3.17. The molecule has 1 saturated heterocycles.